The lowest BCUT2D eigenvalue weighted by molar-refractivity contribution is 0.0459. The molecular weight excluding hydrogens is 312 g/mol. The summed E-state index contributed by atoms with van der Waals surface area (Å²) in [5.74, 6) is 0. The molecule has 0 saturated heterocycles. The first-order valence-corrected chi connectivity index (χ1v) is 7.86. The van der Waals surface area contributed by atoms with E-state index in [9.17, 15) is 0 Å². The van der Waals surface area contributed by atoms with E-state index in [0.29, 0.717) is 12.7 Å². The van der Waals surface area contributed by atoms with Crippen LogP contribution in [0.4, 0.5) is 0 Å². The van der Waals surface area contributed by atoms with Crippen molar-refractivity contribution in [3.05, 3.63) is 33.3 Å². The zero-order valence-electron chi connectivity index (χ0n) is 11.2. The van der Waals surface area contributed by atoms with Gasteiger partial charge in [0.05, 0.1) is 12.7 Å². The Hall–Kier alpha value is -0.0500. The van der Waals surface area contributed by atoms with Crippen LogP contribution in [0.15, 0.2) is 22.7 Å². The molecule has 1 unspecified atom stereocenters. The molecule has 0 amide bonds. The molecule has 0 spiro atoms. The Morgan fingerprint density at radius 2 is 2.06 bits per heavy atom. The molecule has 102 valence electrons. The smallest absolute Gasteiger partial charge is 0.0734 e. The minimum absolute atomic E-state index is 0.307. The molecule has 1 rings (SSSR count). The minimum atomic E-state index is 0.307. The number of ether oxygens (including phenoxy) is 1. The molecule has 0 fully saturated rings. The van der Waals surface area contributed by atoms with Gasteiger partial charge >= 0.3 is 0 Å². The highest BCUT2D eigenvalue weighted by Gasteiger charge is 2.05. The first kappa shape index (κ1) is 16.0. The molecular formula is C15H22BrClO. The Balaban J connectivity index is 2.27. The van der Waals surface area contributed by atoms with Gasteiger partial charge in [0.2, 0.25) is 0 Å². The van der Waals surface area contributed by atoms with Crippen molar-refractivity contribution >= 4 is 27.5 Å². The highest BCUT2D eigenvalue weighted by Crippen LogP contribution is 2.22. The van der Waals surface area contributed by atoms with Gasteiger partial charge in [-0.2, -0.15) is 0 Å². The molecule has 0 aliphatic rings. The Morgan fingerprint density at radius 3 is 2.72 bits per heavy atom. The monoisotopic (exact) mass is 332 g/mol. The van der Waals surface area contributed by atoms with Crippen LogP contribution in [-0.4, -0.2) is 6.10 Å². The van der Waals surface area contributed by atoms with E-state index in [1.165, 1.54) is 25.7 Å². The summed E-state index contributed by atoms with van der Waals surface area (Å²) in [6, 6.07) is 5.92. The third-order valence-electron chi connectivity index (χ3n) is 3.00. The average molecular weight is 334 g/mol. The zero-order valence-corrected chi connectivity index (χ0v) is 13.6. The van der Waals surface area contributed by atoms with E-state index in [1.54, 1.807) is 0 Å². The summed E-state index contributed by atoms with van der Waals surface area (Å²) in [4.78, 5) is 0. The maximum atomic E-state index is 6.15. The summed E-state index contributed by atoms with van der Waals surface area (Å²) < 4.78 is 6.83. The maximum Gasteiger partial charge on any atom is 0.0734 e. The Kier molecular flexibility index (Phi) is 7.96. The van der Waals surface area contributed by atoms with E-state index < -0.39 is 0 Å². The summed E-state index contributed by atoms with van der Waals surface area (Å²) in [5.41, 5.74) is 1.06. The van der Waals surface area contributed by atoms with E-state index in [0.717, 1.165) is 21.5 Å². The van der Waals surface area contributed by atoms with E-state index in [1.807, 2.05) is 18.2 Å². The van der Waals surface area contributed by atoms with Crippen molar-refractivity contribution in [2.45, 2.75) is 58.7 Å². The molecule has 1 nitrogen and oxygen atoms in total. The van der Waals surface area contributed by atoms with E-state index >= 15 is 0 Å². The van der Waals surface area contributed by atoms with Gasteiger partial charge in [-0.3, -0.25) is 0 Å². The van der Waals surface area contributed by atoms with Crippen LogP contribution in [0.25, 0.3) is 0 Å². The normalized spacial score (nSPS) is 12.7. The molecule has 1 atom stereocenters. The van der Waals surface area contributed by atoms with Crippen molar-refractivity contribution in [2.75, 3.05) is 0 Å². The van der Waals surface area contributed by atoms with Crippen LogP contribution >= 0.6 is 27.5 Å². The van der Waals surface area contributed by atoms with Crippen molar-refractivity contribution in [2.24, 2.45) is 0 Å². The van der Waals surface area contributed by atoms with Gasteiger partial charge in [-0.05, 0) is 31.0 Å². The van der Waals surface area contributed by atoms with Gasteiger partial charge in [-0.15, -0.1) is 0 Å². The van der Waals surface area contributed by atoms with Crippen molar-refractivity contribution in [3.63, 3.8) is 0 Å². The number of unbranched alkanes of at least 4 members (excludes halogenated alkanes) is 3. The third-order valence-corrected chi connectivity index (χ3v) is 3.85. The van der Waals surface area contributed by atoms with E-state index in [-0.39, 0.29) is 0 Å². The first-order chi connectivity index (χ1) is 8.63. The molecule has 0 aliphatic heterocycles. The molecule has 0 saturated carbocycles. The number of rotatable bonds is 8. The summed E-state index contributed by atoms with van der Waals surface area (Å²) in [7, 11) is 0. The predicted molar refractivity (Wildman–Crippen MR) is 82.2 cm³/mol. The molecule has 0 N–H and O–H groups in total. The van der Waals surface area contributed by atoms with Crippen LogP contribution in [0, 0.1) is 0 Å². The second-order valence-electron chi connectivity index (χ2n) is 4.71. The lowest BCUT2D eigenvalue weighted by atomic mass is 10.1. The summed E-state index contributed by atoms with van der Waals surface area (Å²) in [6.07, 6.45) is 6.61. The average Bonchev–Trinajstić information content (AvgIpc) is 2.33. The number of hydrogen-bond donors (Lipinski definition) is 0. The fourth-order valence-corrected chi connectivity index (χ4v) is 2.54. The predicted octanol–water partition coefficient (Wildman–Crippen LogP) is 5.98. The van der Waals surface area contributed by atoms with Crippen LogP contribution < -0.4 is 0 Å². The summed E-state index contributed by atoms with van der Waals surface area (Å²) >= 11 is 9.55. The van der Waals surface area contributed by atoms with Gasteiger partial charge in [0, 0.05) is 9.50 Å². The van der Waals surface area contributed by atoms with Gasteiger partial charge in [0.15, 0.2) is 0 Å². The Labute approximate surface area is 124 Å². The Bertz CT molecular complexity index is 354. The molecule has 0 radical (unpaired) electrons. The molecule has 18 heavy (non-hydrogen) atoms. The SMILES string of the molecule is CCCCCCC(C)OCc1ccc(Br)cc1Cl. The number of halogens is 2. The second-order valence-corrected chi connectivity index (χ2v) is 6.03. The van der Waals surface area contributed by atoms with Gasteiger partial charge in [-0.25, -0.2) is 0 Å². The fraction of sp³-hybridized carbons (Fsp3) is 0.600. The topological polar surface area (TPSA) is 9.23 Å². The first-order valence-electron chi connectivity index (χ1n) is 6.69. The minimum Gasteiger partial charge on any atom is -0.374 e. The fourth-order valence-electron chi connectivity index (χ4n) is 1.81. The summed E-state index contributed by atoms with van der Waals surface area (Å²) in [6.45, 7) is 4.97. The second kappa shape index (κ2) is 8.95. The molecule has 3 heteroatoms. The molecule has 0 heterocycles. The van der Waals surface area contributed by atoms with Gasteiger partial charge in [-0.1, -0.05) is 66.2 Å². The van der Waals surface area contributed by atoms with Gasteiger partial charge < -0.3 is 4.74 Å². The van der Waals surface area contributed by atoms with Crippen molar-refractivity contribution in [3.8, 4) is 0 Å². The standard InChI is InChI=1S/C15H22BrClO/c1-3-4-5-6-7-12(2)18-11-13-8-9-14(16)10-15(13)17/h8-10,12H,3-7,11H2,1-2H3. The highest BCUT2D eigenvalue weighted by molar-refractivity contribution is 9.10. The van der Waals surface area contributed by atoms with Crippen molar-refractivity contribution in [1.29, 1.82) is 0 Å². The lowest BCUT2D eigenvalue weighted by Crippen LogP contribution is -2.08. The molecule has 0 aliphatic carbocycles. The summed E-state index contributed by atoms with van der Waals surface area (Å²) in [5, 5.41) is 0.766. The molecule has 0 bridgehead atoms. The van der Waals surface area contributed by atoms with Crippen LogP contribution in [0.3, 0.4) is 0 Å². The van der Waals surface area contributed by atoms with Crippen LogP contribution in [0.2, 0.25) is 5.02 Å². The lowest BCUT2D eigenvalue weighted by Gasteiger charge is -2.13. The van der Waals surface area contributed by atoms with Crippen LogP contribution in [0.1, 0.15) is 51.5 Å². The quantitative estimate of drug-likeness (QED) is 0.532. The van der Waals surface area contributed by atoms with Crippen LogP contribution in [-0.2, 0) is 11.3 Å². The van der Waals surface area contributed by atoms with Gasteiger partial charge in [0.25, 0.3) is 0 Å². The molecule has 1 aromatic carbocycles. The van der Waals surface area contributed by atoms with Crippen molar-refractivity contribution in [1.82, 2.24) is 0 Å². The largest absolute Gasteiger partial charge is 0.374 e. The number of benzene rings is 1. The third kappa shape index (κ3) is 6.21. The van der Waals surface area contributed by atoms with Crippen LogP contribution in [0.5, 0.6) is 0 Å². The Morgan fingerprint density at radius 1 is 1.28 bits per heavy atom. The highest BCUT2D eigenvalue weighted by atomic mass is 79.9. The van der Waals surface area contributed by atoms with E-state index in [4.69, 9.17) is 16.3 Å². The molecule has 1 aromatic rings. The molecule has 0 aromatic heterocycles. The number of hydrogen-bond acceptors (Lipinski definition) is 1. The van der Waals surface area contributed by atoms with Gasteiger partial charge in [0.1, 0.15) is 0 Å². The van der Waals surface area contributed by atoms with Crippen molar-refractivity contribution < 1.29 is 4.74 Å². The zero-order chi connectivity index (χ0) is 13.4. The maximum absolute atomic E-state index is 6.15. The van der Waals surface area contributed by atoms with E-state index in [2.05, 4.69) is 29.8 Å².